The van der Waals surface area contributed by atoms with Crippen molar-refractivity contribution in [3.8, 4) is 0 Å². The van der Waals surface area contributed by atoms with Gasteiger partial charge in [-0.1, -0.05) is 35.3 Å². The second kappa shape index (κ2) is 5.64. The molecule has 6 heteroatoms. The number of para-hydroxylation sites is 1. The number of aromatic nitrogens is 1. The zero-order valence-electron chi connectivity index (χ0n) is 10.3. The molecule has 20 heavy (non-hydrogen) atoms. The summed E-state index contributed by atoms with van der Waals surface area (Å²) in [5.41, 5.74) is 1.38. The van der Waals surface area contributed by atoms with E-state index < -0.39 is 0 Å². The minimum atomic E-state index is -0.108. The van der Waals surface area contributed by atoms with E-state index in [1.54, 1.807) is 22.7 Å². The maximum absolute atomic E-state index is 12.6. The molecule has 0 N–H and O–H groups in total. The molecule has 2 heterocycles. The highest BCUT2D eigenvalue weighted by Crippen LogP contribution is 2.35. The highest BCUT2D eigenvalue weighted by Gasteiger charge is 2.24. The van der Waals surface area contributed by atoms with E-state index in [9.17, 15) is 4.79 Å². The van der Waals surface area contributed by atoms with Crippen LogP contribution in [-0.4, -0.2) is 23.2 Å². The zero-order valence-corrected chi connectivity index (χ0v) is 12.7. The van der Waals surface area contributed by atoms with Gasteiger partial charge in [0.25, 0.3) is 5.91 Å². The van der Waals surface area contributed by atoms with Crippen LogP contribution in [0.3, 0.4) is 0 Å². The minimum Gasteiger partial charge on any atom is -0.306 e. The topological polar surface area (TPSA) is 33.2 Å². The van der Waals surface area contributed by atoms with Crippen LogP contribution in [0, 0.1) is 0 Å². The van der Waals surface area contributed by atoms with E-state index in [2.05, 4.69) is 4.98 Å². The van der Waals surface area contributed by atoms with Crippen molar-refractivity contribution in [2.24, 2.45) is 0 Å². The molecule has 0 radical (unpaired) electrons. The predicted octanol–water partition coefficient (Wildman–Crippen LogP) is 4.14. The summed E-state index contributed by atoms with van der Waals surface area (Å²) in [7, 11) is 0. The molecule has 0 saturated carbocycles. The van der Waals surface area contributed by atoms with Gasteiger partial charge in [0.05, 0.1) is 16.3 Å². The Hall–Kier alpha value is -1.23. The van der Waals surface area contributed by atoms with Gasteiger partial charge in [-0.15, -0.1) is 11.8 Å². The molecule has 0 aliphatic carbocycles. The molecule has 1 amide bonds. The van der Waals surface area contributed by atoms with E-state index in [1.807, 2.05) is 24.3 Å². The first-order valence-corrected chi connectivity index (χ1v) is 7.76. The summed E-state index contributed by atoms with van der Waals surface area (Å²) in [6.07, 6.45) is 1.46. The summed E-state index contributed by atoms with van der Waals surface area (Å²) in [5.74, 6) is 0.765. The third-order valence-corrected chi connectivity index (χ3v) is 4.75. The number of benzene rings is 1. The Morgan fingerprint density at radius 1 is 1.30 bits per heavy atom. The molecule has 2 aromatic rings. The van der Waals surface area contributed by atoms with E-state index >= 15 is 0 Å². The van der Waals surface area contributed by atoms with Gasteiger partial charge in [0, 0.05) is 23.4 Å². The van der Waals surface area contributed by atoms with Gasteiger partial charge in [-0.2, -0.15) is 0 Å². The maximum atomic E-state index is 12.6. The molecule has 0 unspecified atom stereocenters. The molecule has 3 nitrogen and oxygen atoms in total. The molecule has 0 atom stereocenters. The van der Waals surface area contributed by atoms with Crippen LogP contribution in [0.4, 0.5) is 5.69 Å². The Bertz CT molecular complexity index is 678. The van der Waals surface area contributed by atoms with Gasteiger partial charge >= 0.3 is 0 Å². The smallest absolute Gasteiger partial charge is 0.259 e. The van der Waals surface area contributed by atoms with Crippen LogP contribution in [0.1, 0.15) is 10.4 Å². The van der Waals surface area contributed by atoms with Crippen molar-refractivity contribution in [2.75, 3.05) is 17.2 Å². The SMILES string of the molecule is O=C(c1cnc(Cl)c(Cl)c1)N1CCSc2ccccc21. The average Bonchev–Trinajstić information content (AvgIpc) is 2.49. The van der Waals surface area contributed by atoms with Crippen molar-refractivity contribution in [1.82, 2.24) is 4.98 Å². The van der Waals surface area contributed by atoms with Crippen LogP contribution in [0.5, 0.6) is 0 Å². The predicted molar refractivity (Wildman–Crippen MR) is 83.1 cm³/mol. The van der Waals surface area contributed by atoms with Crippen LogP contribution in [0.25, 0.3) is 0 Å². The van der Waals surface area contributed by atoms with Crippen molar-refractivity contribution < 1.29 is 4.79 Å². The number of halogens is 2. The summed E-state index contributed by atoms with van der Waals surface area (Å²) in [6, 6.07) is 9.43. The van der Waals surface area contributed by atoms with Gasteiger partial charge in [0.1, 0.15) is 5.15 Å². The van der Waals surface area contributed by atoms with E-state index in [4.69, 9.17) is 23.2 Å². The molecule has 1 aliphatic heterocycles. The molecule has 1 aromatic carbocycles. The molecular formula is C14H10Cl2N2OS. The van der Waals surface area contributed by atoms with Crippen LogP contribution in [-0.2, 0) is 0 Å². The normalized spacial score (nSPS) is 14.0. The Balaban J connectivity index is 1.97. The number of hydrogen-bond acceptors (Lipinski definition) is 3. The van der Waals surface area contributed by atoms with Crippen molar-refractivity contribution in [3.05, 3.63) is 52.3 Å². The minimum absolute atomic E-state index is 0.108. The Labute approximate surface area is 130 Å². The monoisotopic (exact) mass is 324 g/mol. The number of hydrogen-bond donors (Lipinski definition) is 0. The number of amides is 1. The molecule has 0 bridgehead atoms. The van der Waals surface area contributed by atoms with Crippen LogP contribution >= 0.6 is 35.0 Å². The Morgan fingerprint density at radius 3 is 2.90 bits per heavy atom. The molecule has 102 valence electrons. The molecule has 1 aromatic heterocycles. The van der Waals surface area contributed by atoms with Gasteiger partial charge < -0.3 is 4.90 Å². The maximum Gasteiger partial charge on any atom is 0.259 e. The lowest BCUT2D eigenvalue weighted by molar-refractivity contribution is 0.0987. The molecule has 0 spiro atoms. The standard InChI is InChI=1S/C14H10Cl2N2OS/c15-10-7-9(8-17-13(10)16)14(19)18-5-6-20-12-4-2-1-3-11(12)18/h1-4,7-8H,5-6H2. The van der Waals surface area contributed by atoms with Gasteiger partial charge in [0.15, 0.2) is 0 Å². The largest absolute Gasteiger partial charge is 0.306 e. The van der Waals surface area contributed by atoms with E-state index in [0.717, 1.165) is 16.3 Å². The summed E-state index contributed by atoms with van der Waals surface area (Å²) in [6.45, 7) is 0.667. The molecular weight excluding hydrogens is 315 g/mol. The first kappa shape index (κ1) is 13.7. The quantitative estimate of drug-likeness (QED) is 0.739. The molecule has 1 aliphatic rings. The van der Waals surface area contributed by atoms with Crippen molar-refractivity contribution in [2.45, 2.75) is 4.90 Å². The molecule has 0 saturated heterocycles. The van der Waals surface area contributed by atoms with Crippen molar-refractivity contribution in [3.63, 3.8) is 0 Å². The fraction of sp³-hybridized carbons (Fsp3) is 0.143. The van der Waals surface area contributed by atoms with Crippen molar-refractivity contribution >= 4 is 46.6 Å². The first-order chi connectivity index (χ1) is 9.66. The number of thioether (sulfide) groups is 1. The Kier molecular flexibility index (Phi) is 3.87. The van der Waals surface area contributed by atoms with E-state index in [-0.39, 0.29) is 16.1 Å². The first-order valence-electron chi connectivity index (χ1n) is 6.01. The Morgan fingerprint density at radius 2 is 2.10 bits per heavy atom. The average molecular weight is 325 g/mol. The van der Waals surface area contributed by atoms with E-state index in [1.165, 1.54) is 6.20 Å². The number of fused-ring (bicyclic) bond motifs is 1. The number of anilines is 1. The fourth-order valence-corrected chi connectivity index (χ4v) is 3.34. The number of nitrogens with zero attached hydrogens (tertiary/aromatic N) is 2. The van der Waals surface area contributed by atoms with Gasteiger partial charge in [0.2, 0.25) is 0 Å². The summed E-state index contributed by atoms with van der Waals surface area (Å²) < 4.78 is 0. The van der Waals surface area contributed by atoms with Gasteiger partial charge in [-0.3, -0.25) is 4.79 Å². The third-order valence-electron chi connectivity index (χ3n) is 3.02. The van der Waals surface area contributed by atoms with Gasteiger partial charge in [-0.25, -0.2) is 4.98 Å². The highest BCUT2D eigenvalue weighted by molar-refractivity contribution is 7.99. The van der Waals surface area contributed by atoms with Crippen LogP contribution < -0.4 is 4.90 Å². The molecule has 3 rings (SSSR count). The van der Waals surface area contributed by atoms with Crippen LogP contribution in [0.15, 0.2) is 41.4 Å². The molecule has 0 fully saturated rings. The number of carbonyl (C=O) groups excluding carboxylic acids is 1. The highest BCUT2D eigenvalue weighted by atomic mass is 35.5. The second-order valence-electron chi connectivity index (χ2n) is 4.27. The van der Waals surface area contributed by atoms with Crippen molar-refractivity contribution in [1.29, 1.82) is 0 Å². The number of carbonyl (C=O) groups is 1. The lowest BCUT2D eigenvalue weighted by Gasteiger charge is -2.29. The van der Waals surface area contributed by atoms with Crippen LogP contribution in [0.2, 0.25) is 10.2 Å². The summed E-state index contributed by atoms with van der Waals surface area (Å²) >= 11 is 13.5. The fourth-order valence-electron chi connectivity index (χ4n) is 2.07. The lowest BCUT2D eigenvalue weighted by atomic mass is 10.2. The summed E-state index contributed by atoms with van der Waals surface area (Å²) in [4.78, 5) is 19.4. The van der Waals surface area contributed by atoms with Gasteiger partial charge in [-0.05, 0) is 18.2 Å². The number of rotatable bonds is 1. The number of pyridine rings is 1. The third kappa shape index (κ3) is 2.51. The second-order valence-corrected chi connectivity index (χ2v) is 6.17. The zero-order chi connectivity index (χ0) is 14.1. The lowest BCUT2D eigenvalue weighted by Crippen LogP contribution is -2.35. The van der Waals surface area contributed by atoms with E-state index in [0.29, 0.717) is 12.1 Å². The summed E-state index contributed by atoms with van der Waals surface area (Å²) in [5, 5.41) is 0.495.